The molecule has 2 rings (SSSR count). The summed E-state index contributed by atoms with van der Waals surface area (Å²) in [5.74, 6) is 0. The highest BCUT2D eigenvalue weighted by molar-refractivity contribution is 7.89. The van der Waals surface area contributed by atoms with Crippen molar-refractivity contribution in [3.63, 3.8) is 0 Å². The van der Waals surface area contributed by atoms with Crippen molar-refractivity contribution in [1.29, 1.82) is 0 Å². The largest absolute Gasteiger partial charge is 0.399 e. The second-order valence-electron chi connectivity index (χ2n) is 5.52. The van der Waals surface area contributed by atoms with E-state index < -0.39 is 10.0 Å². The van der Waals surface area contributed by atoms with Gasteiger partial charge in [0.25, 0.3) is 0 Å². The maximum Gasteiger partial charge on any atom is 0.242 e. The molecule has 0 amide bonds. The van der Waals surface area contributed by atoms with E-state index in [2.05, 4.69) is 17.0 Å². The topological polar surface area (TPSA) is 84.2 Å². The van der Waals surface area contributed by atoms with Crippen LogP contribution in [0, 0.1) is 5.41 Å². The molecule has 112 valence electrons. The van der Waals surface area contributed by atoms with Crippen LogP contribution in [0.1, 0.15) is 32.6 Å². The Morgan fingerprint density at radius 2 is 2.05 bits per heavy atom. The summed E-state index contributed by atoms with van der Waals surface area (Å²) in [5, 5.41) is 3.30. The summed E-state index contributed by atoms with van der Waals surface area (Å²) in [7, 11) is -2.10. The zero-order valence-corrected chi connectivity index (χ0v) is 12.9. The lowest BCUT2D eigenvalue weighted by molar-refractivity contribution is 0.145. The number of benzene rings is 1. The molecule has 0 aromatic heterocycles. The molecular weight excluding hydrogens is 274 g/mol. The molecule has 0 saturated heterocycles. The van der Waals surface area contributed by atoms with Crippen LogP contribution in [0.3, 0.4) is 0 Å². The van der Waals surface area contributed by atoms with Gasteiger partial charge in [0.1, 0.15) is 4.90 Å². The van der Waals surface area contributed by atoms with Crippen molar-refractivity contribution in [1.82, 2.24) is 4.72 Å². The maximum absolute atomic E-state index is 12.0. The first-order valence-electron chi connectivity index (χ1n) is 6.99. The van der Waals surface area contributed by atoms with Gasteiger partial charge in [0.05, 0.1) is 5.69 Å². The van der Waals surface area contributed by atoms with E-state index in [0.29, 0.717) is 16.8 Å². The van der Waals surface area contributed by atoms with Crippen LogP contribution in [0.4, 0.5) is 11.4 Å². The summed E-state index contributed by atoms with van der Waals surface area (Å²) in [4.78, 5) is 0.213. The van der Waals surface area contributed by atoms with Gasteiger partial charge in [-0.2, -0.15) is 0 Å². The molecule has 5 nitrogen and oxygen atoms in total. The molecule has 1 aliphatic rings. The van der Waals surface area contributed by atoms with Crippen molar-refractivity contribution in [2.75, 3.05) is 24.6 Å². The van der Waals surface area contributed by atoms with Crippen molar-refractivity contribution in [3.8, 4) is 0 Å². The van der Waals surface area contributed by atoms with Crippen molar-refractivity contribution in [2.24, 2.45) is 5.41 Å². The van der Waals surface area contributed by atoms with E-state index in [1.165, 1.54) is 32.4 Å². The predicted molar refractivity (Wildman–Crippen MR) is 82.2 cm³/mol. The van der Waals surface area contributed by atoms with Crippen molar-refractivity contribution < 1.29 is 8.42 Å². The molecule has 6 heteroatoms. The van der Waals surface area contributed by atoms with Crippen LogP contribution in [0.2, 0.25) is 0 Å². The minimum absolute atomic E-state index is 0.213. The highest BCUT2D eigenvalue weighted by Crippen LogP contribution is 2.44. The Hall–Kier alpha value is -1.27. The first-order valence-corrected chi connectivity index (χ1v) is 8.48. The van der Waals surface area contributed by atoms with Crippen LogP contribution in [0.15, 0.2) is 23.1 Å². The minimum Gasteiger partial charge on any atom is -0.399 e. The molecule has 0 unspecified atom stereocenters. The number of nitrogen functional groups attached to an aromatic ring is 1. The highest BCUT2D eigenvalue weighted by Gasteiger charge is 2.35. The maximum atomic E-state index is 12.0. The molecule has 0 radical (unpaired) electrons. The second-order valence-corrected chi connectivity index (χ2v) is 7.38. The Balaban J connectivity index is 2.23. The van der Waals surface area contributed by atoms with Crippen molar-refractivity contribution in [2.45, 2.75) is 37.5 Å². The zero-order chi connectivity index (χ0) is 14.8. The number of hydrogen-bond donors (Lipinski definition) is 3. The van der Waals surface area contributed by atoms with Crippen LogP contribution in [0.25, 0.3) is 0 Å². The highest BCUT2D eigenvalue weighted by atomic mass is 32.2. The number of nitrogens with two attached hydrogens (primary N) is 1. The lowest BCUT2D eigenvalue weighted by atomic mass is 9.67. The van der Waals surface area contributed by atoms with Crippen LogP contribution < -0.4 is 15.8 Å². The fraction of sp³-hybridized carbons (Fsp3) is 0.571. The van der Waals surface area contributed by atoms with Gasteiger partial charge >= 0.3 is 0 Å². The van der Waals surface area contributed by atoms with E-state index in [1.807, 2.05) is 0 Å². The molecule has 1 aromatic rings. The molecule has 1 fully saturated rings. The van der Waals surface area contributed by atoms with Gasteiger partial charge in [-0.1, -0.05) is 13.3 Å². The number of sulfonamides is 1. The Morgan fingerprint density at radius 1 is 1.35 bits per heavy atom. The number of hydrogen-bond acceptors (Lipinski definition) is 4. The lowest BCUT2D eigenvalue weighted by Gasteiger charge is -2.41. The van der Waals surface area contributed by atoms with Crippen LogP contribution in [-0.4, -0.2) is 22.0 Å². The molecule has 20 heavy (non-hydrogen) atoms. The smallest absolute Gasteiger partial charge is 0.242 e. The first-order chi connectivity index (χ1) is 9.42. The average molecular weight is 297 g/mol. The van der Waals surface area contributed by atoms with Crippen molar-refractivity contribution >= 4 is 21.4 Å². The molecule has 0 atom stereocenters. The minimum atomic E-state index is -3.51. The quantitative estimate of drug-likeness (QED) is 0.703. The van der Waals surface area contributed by atoms with Gasteiger partial charge in [-0.25, -0.2) is 13.1 Å². The standard InChI is InChI=1S/C14H23N3O2S/c1-3-14(7-4-8-14)10-17-12-6-5-11(15)9-13(12)20(18,19)16-2/h5-6,9,16-17H,3-4,7-8,10,15H2,1-2H3. The third-order valence-electron chi connectivity index (χ3n) is 4.38. The average Bonchev–Trinajstić information content (AvgIpc) is 2.39. The monoisotopic (exact) mass is 297 g/mol. The SMILES string of the molecule is CCC1(CNc2ccc(N)cc2S(=O)(=O)NC)CCC1. The van der Waals surface area contributed by atoms with Gasteiger partial charge in [0.2, 0.25) is 10.0 Å². The molecule has 1 aromatic carbocycles. The van der Waals surface area contributed by atoms with E-state index in [0.717, 1.165) is 13.0 Å². The number of nitrogens with one attached hydrogen (secondary N) is 2. The van der Waals surface area contributed by atoms with E-state index in [4.69, 9.17) is 5.73 Å². The fourth-order valence-corrected chi connectivity index (χ4v) is 3.57. The van der Waals surface area contributed by atoms with Gasteiger partial charge in [0.15, 0.2) is 0 Å². The molecular formula is C14H23N3O2S. The van der Waals surface area contributed by atoms with Crippen LogP contribution in [-0.2, 0) is 10.0 Å². The van der Waals surface area contributed by atoms with Gasteiger partial charge in [-0.3, -0.25) is 0 Å². The zero-order valence-electron chi connectivity index (χ0n) is 12.1. The normalized spacial score (nSPS) is 17.5. The van der Waals surface area contributed by atoms with Gasteiger partial charge in [-0.15, -0.1) is 0 Å². The van der Waals surface area contributed by atoms with Crippen LogP contribution in [0.5, 0.6) is 0 Å². The van der Waals surface area contributed by atoms with Gasteiger partial charge in [0, 0.05) is 12.2 Å². The Labute approximate surface area is 121 Å². The van der Waals surface area contributed by atoms with Crippen molar-refractivity contribution in [3.05, 3.63) is 18.2 Å². The number of rotatable bonds is 6. The Morgan fingerprint density at radius 3 is 2.55 bits per heavy atom. The van der Waals surface area contributed by atoms with Gasteiger partial charge < -0.3 is 11.1 Å². The Kier molecular flexibility index (Phi) is 4.25. The first kappa shape index (κ1) is 15.1. The predicted octanol–water partition coefficient (Wildman–Crippen LogP) is 2.17. The van der Waals surface area contributed by atoms with Crippen LogP contribution >= 0.6 is 0 Å². The third-order valence-corrected chi connectivity index (χ3v) is 5.84. The summed E-state index contributed by atoms with van der Waals surface area (Å²) in [6.45, 7) is 2.99. The Bertz CT molecular complexity index is 575. The number of anilines is 2. The molecule has 0 aliphatic heterocycles. The molecule has 0 spiro atoms. The van der Waals surface area contributed by atoms with E-state index in [1.54, 1.807) is 12.1 Å². The molecule has 1 aliphatic carbocycles. The molecule has 4 N–H and O–H groups in total. The third kappa shape index (κ3) is 2.91. The molecule has 0 heterocycles. The lowest BCUT2D eigenvalue weighted by Crippen LogP contribution is -2.36. The second kappa shape index (κ2) is 5.61. The molecule has 1 saturated carbocycles. The molecule has 0 bridgehead atoms. The van der Waals surface area contributed by atoms with E-state index in [9.17, 15) is 8.42 Å². The summed E-state index contributed by atoms with van der Waals surface area (Å²) in [6.07, 6.45) is 4.79. The summed E-state index contributed by atoms with van der Waals surface area (Å²) >= 11 is 0. The van der Waals surface area contributed by atoms with Gasteiger partial charge in [-0.05, 0) is 49.9 Å². The fourth-order valence-electron chi connectivity index (χ4n) is 2.63. The van der Waals surface area contributed by atoms with E-state index in [-0.39, 0.29) is 4.90 Å². The van der Waals surface area contributed by atoms with E-state index >= 15 is 0 Å². The summed E-state index contributed by atoms with van der Waals surface area (Å²) in [6, 6.07) is 4.95. The summed E-state index contributed by atoms with van der Waals surface area (Å²) in [5.41, 5.74) is 7.09. The summed E-state index contributed by atoms with van der Waals surface area (Å²) < 4.78 is 26.4.